The number of ether oxygens (including phenoxy) is 8. The van der Waals surface area contributed by atoms with Gasteiger partial charge in [0.15, 0.2) is 6.23 Å². The monoisotopic (exact) mass is 1180 g/mol. The summed E-state index contributed by atoms with van der Waals surface area (Å²) in [7, 11) is 1.55. The molecule has 4 aromatic rings. The normalized spacial score (nSPS) is 16.8. The fourth-order valence-electron chi connectivity index (χ4n) is 10.0. The van der Waals surface area contributed by atoms with Gasteiger partial charge in [-0.15, -0.1) is 0 Å². The molecule has 0 spiro atoms. The molecule has 4 heterocycles. The lowest BCUT2D eigenvalue weighted by Gasteiger charge is -2.34. The van der Waals surface area contributed by atoms with Crippen molar-refractivity contribution < 1.29 is 66.4 Å². The SMILES string of the molecule is COC1C=CC(=O)N1CCOCCOCCOCCOCCC(=O)N[C@H](C(=O)N[C@@H](CCCNC(N)=O)C(=O)Nc1ccc(C[N+]2(CCOc3ccc4cc3COC/C=C/COCc3cccc(c3)-c3ccnc(n3)N4)CCCC2)cc1)C(C)C. The summed E-state index contributed by atoms with van der Waals surface area (Å²) in [4.78, 5) is 75.0. The first kappa shape index (κ1) is 65.2. The number of quaternary nitrogens is 1. The highest BCUT2D eigenvalue weighted by Crippen LogP contribution is 2.29. The number of likely N-dealkylation sites (tertiary alicyclic amines) is 1. The molecule has 0 aliphatic carbocycles. The molecule has 23 nitrogen and oxygen atoms in total. The molecular formula is C62H85N10O13+. The van der Waals surface area contributed by atoms with Gasteiger partial charge >= 0.3 is 6.03 Å². The number of amides is 6. The summed E-state index contributed by atoms with van der Waals surface area (Å²) < 4.78 is 46.9. The van der Waals surface area contributed by atoms with E-state index in [0.717, 1.165) is 82.9 Å². The van der Waals surface area contributed by atoms with Crippen LogP contribution in [0.15, 0.2) is 103 Å². The number of nitrogens with two attached hydrogens (primary N) is 1. The second-order valence-corrected chi connectivity index (χ2v) is 21.3. The van der Waals surface area contributed by atoms with E-state index >= 15 is 0 Å². The molecule has 3 aliphatic heterocycles. The van der Waals surface area contributed by atoms with Crippen molar-refractivity contribution in [2.24, 2.45) is 11.7 Å². The number of hydrogen-bond acceptors (Lipinski definition) is 16. The summed E-state index contributed by atoms with van der Waals surface area (Å²) in [5.41, 5.74) is 11.5. The van der Waals surface area contributed by atoms with Gasteiger partial charge in [0.1, 0.15) is 37.5 Å². The van der Waals surface area contributed by atoms with Gasteiger partial charge in [0.25, 0.3) is 0 Å². The van der Waals surface area contributed by atoms with Gasteiger partial charge in [0.2, 0.25) is 29.6 Å². The van der Waals surface area contributed by atoms with Gasteiger partial charge in [-0.25, -0.2) is 14.8 Å². The van der Waals surface area contributed by atoms with E-state index in [1.54, 1.807) is 38.1 Å². The third-order valence-corrected chi connectivity index (χ3v) is 14.6. The number of rotatable bonds is 32. The first-order valence-corrected chi connectivity index (χ1v) is 29.3. The number of urea groups is 1. The summed E-state index contributed by atoms with van der Waals surface area (Å²) in [5, 5.41) is 14.5. The van der Waals surface area contributed by atoms with E-state index in [4.69, 9.17) is 48.6 Å². The lowest BCUT2D eigenvalue weighted by atomic mass is 10.0. The maximum Gasteiger partial charge on any atom is 0.312 e. The molecule has 23 heteroatoms. The van der Waals surface area contributed by atoms with Gasteiger partial charge in [0.05, 0.1) is 98.1 Å². The summed E-state index contributed by atoms with van der Waals surface area (Å²) in [6.07, 6.45) is 11.2. The molecule has 460 valence electrons. The van der Waals surface area contributed by atoms with E-state index in [9.17, 15) is 24.0 Å². The van der Waals surface area contributed by atoms with Crippen molar-refractivity contribution in [1.82, 2.24) is 30.8 Å². The molecular weight excluding hydrogens is 1090 g/mol. The van der Waals surface area contributed by atoms with Crippen LogP contribution in [0.4, 0.5) is 22.1 Å². The minimum atomic E-state index is -0.995. The smallest absolute Gasteiger partial charge is 0.312 e. The number of hydrogen-bond donors (Lipinski definition) is 6. The average molecular weight is 1180 g/mol. The maximum atomic E-state index is 13.9. The summed E-state index contributed by atoms with van der Waals surface area (Å²) in [6, 6.07) is 21.1. The minimum absolute atomic E-state index is 0.00363. The molecule has 0 radical (unpaired) electrons. The fourth-order valence-corrected chi connectivity index (χ4v) is 10.0. The van der Waals surface area contributed by atoms with Crippen LogP contribution < -0.4 is 37.1 Å². The Hall–Kier alpha value is -7.35. The van der Waals surface area contributed by atoms with E-state index in [2.05, 4.69) is 37.6 Å². The van der Waals surface area contributed by atoms with Crippen LogP contribution in [-0.4, -0.2) is 180 Å². The molecule has 1 unspecified atom stereocenters. The number of carbonyl (C=O) groups excluding carboxylic acids is 5. The standard InChI is InChI=1S/C62H84N10O13/c1-45(2)58(70-55(73)22-31-79-34-36-81-38-39-82-37-35-80-32-25-71-56(74)19-20-57(71)78-3)60(76)68-53(12-9-23-64-61(63)77)59(75)66-50-15-13-46(14-16-50)42-72(26-4-5-27-72)28-33-85-54-18-17-51-41-49(54)44-84-30-7-6-29-83-43-47-10-8-11-48(40-47)52-21-24-65-62(67-51)69-52/h6-8,10-11,13-21,24,40-41,45,53,57-58H,4-5,9,12,22-23,25-39,42-44H2,1-3H3,(H6-,63,64,65,66,67,68,69,70,73,75,76,77)/p+1/b7-6+/t53-,57?,58-/m0/s1. The molecule has 3 aromatic carbocycles. The molecule has 7 rings (SSSR count). The first-order chi connectivity index (χ1) is 41.4. The number of primary amides is 1. The Morgan fingerprint density at radius 2 is 1.54 bits per heavy atom. The first-order valence-electron chi connectivity index (χ1n) is 29.3. The number of benzene rings is 3. The predicted octanol–water partition coefficient (Wildman–Crippen LogP) is 5.52. The highest BCUT2D eigenvalue weighted by Gasteiger charge is 2.33. The van der Waals surface area contributed by atoms with E-state index in [1.165, 1.54) is 6.08 Å². The van der Waals surface area contributed by atoms with Crippen molar-refractivity contribution in [2.45, 2.75) is 84.0 Å². The fraction of sp³-hybridized carbons (Fsp3) is 0.500. The number of carbonyl (C=O) groups is 5. The van der Waals surface area contributed by atoms with Crippen LogP contribution in [0.5, 0.6) is 5.75 Å². The highest BCUT2D eigenvalue weighted by molar-refractivity contribution is 5.98. The van der Waals surface area contributed by atoms with Gasteiger partial charge in [-0.2, -0.15) is 0 Å². The zero-order chi connectivity index (χ0) is 60.1. The molecule has 85 heavy (non-hydrogen) atoms. The molecule has 1 aromatic heterocycles. The lowest BCUT2D eigenvalue weighted by molar-refractivity contribution is -0.929. The van der Waals surface area contributed by atoms with Crippen molar-refractivity contribution in [2.75, 3.05) is 123 Å². The quantitative estimate of drug-likeness (QED) is 0.0200. The average Bonchev–Trinajstić information content (AvgIpc) is 4.19. The van der Waals surface area contributed by atoms with E-state index in [1.807, 2.05) is 78.9 Å². The van der Waals surface area contributed by atoms with E-state index in [0.29, 0.717) is 97.3 Å². The Balaban J connectivity index is 0.848. The van der Waals surface area contributed by atoms with Crippen molar-refractivity contribution >= 4 is 47.0 Å². The van der Waals surface area contributed by atoms with Crippen molar-refractivity contribution in [3.05, 3.63) is 120 Å². The molecule has 0 saturated carbocycles. The van der Waals surface area contributed by atoms with E-state index in [-0.39, 0.29) is 56.6 Å². The number of nitrogens with one attached hydrogen (secondary N) is 5. The zero-order valence-electron chi connectivity index (χ0n) is 49.3. The maximum absolute atomic E-state index is 13.9. The Morgan fingerprint density at radius 3 is 2.26 bits per heavy atom. The summed E-state index contributed by atoms with van der Waals surface area (Å²) in [6.45, 7) is 12.4. The van der Waals surface area contributed by atoms with Crippen molar-refractivity contribution in [1.29, 1.82) is 0 Å². The molecule has 1 fully saturated rings. The van der Waals surface area contributed by atoms with Crippen LogP contribution in [0.3, 0.4) is 0 Å². The second kappa shape index (κ2) is 35.2. The predicted molar refractivity (Wildman–Crippen MR) is 319 cm³/mol. The molecule has 7 N–H and O–H groups in total. The molecule has 6 amide bonds. The van der Waals surface area contributed by atoms with Crippen LogP contribution in [0, 0.1) is 5.92 Å². The largest absolute Gasteiger partial charge is 0.487 e. The van der Waals surface area contributed by atoms with Crippen LogP contribution >= 0.6 is 0 Å². The zero-order valence-corrected chi connectivity index (χ0v) is 49.3. The van der Waals surface area contributed by atoms with Crippen LogP contribution in [-0.2, 0) is 72.1 Å². The second-order valence-electron chi connectivity index (χ2n) is 21.3. The Bertz CT molecular complexity index is 2810. The Labute approximate surface area is 498 Å². The number of anilines is 3. The highest BCUT2D eigenvalue weighted by atomic mass is 16.6. The minimum Gasteiger partial charge on any atom is -0.487 e. The molecule has 3 aliphatic rings. The molecule has 1 saturated heterocycles. The van der Waals surface area contributed by atoms with E-state index < -0.39 is 29.9 Å². The van der Waals surface area contributed by atoms with Crippen LogP contribution in [0.25, 0.3) is 11.3 Å². The lowest BCUT2D eigenvalue weighted by Crippen LogP contribution is -2.54. The number of nitrogens with zero attached hydrogens (tertiary/aromatic N) is 4. The van der Waals surface area contributed by atoms with Crippen molar-refractivity contribution in [3.8, 4) is 17.0 Å². The molecule has 6 bridgehead atoms. The van der Waals surface area contributed by atoms with Crippen LogP contribution in [0.1, 0.15) is 62.6 Å². The summed E-state index contributed by atoms with van der Waals surface area (Å²) in [5.74, 6) is -0.561. The van der Waals surface area contributed by atoms with Gasteiger partial charge in [0, 0.05) is 79.8 Å². The topological polar surface area (TPSA) is 274 Å². The third-order valence-electron chi connectivity index (χ3n) is 14.6. The Kier molecular flexibility index (Phi) is 27.0. The van der Waals surface area contributed by atoms with Gasteiger partial charge in [-0.3, -0.25) is 19.2 Å². The van der Waals surface area contributed by atoms with Gasteiger partial charge in [-0.05, 0) is 72.9 Å². The number of fused-ring (bicyclic) bond motifs is 7. The van der Waals surface area contributed by atoms with Crippen molar-refractivity contribution in [3.63, 3.8) is 0 Å². The third kappa shape index (κ3) is 22.2. The van der Waals surface area contributed by atoms with Gasteiger partial charge in [-0.1, -0.05) is 56.3 Å². The Morgan fingerprint density at radius 1 is 0.824 bits per heavy atom. The number of aromatic nitrogens is 2. The number of methoxy groups -OCH3 is 1. The van der Waals surface area contributed by atoms with Crippen LogP contribution in [0.2, 0.25) is 0 Å². The molecule has 3 atom stereocenters. The van der Waals surface area contributed by atoms with Gasteiger partial charge < -0.3 is 79.6 Å². The summed E-state index contributed by atoms with van der Waals surface area (Å²) >= 11 is 0.